The van der Waals surface area contributed by atoms with Crippen LogP contribution in [0.2, 0.25) is 0 Å². The lowest BCUT2D eigenvalue weighted by atomic mass is 9.94. The Hall–Kier alpha value is -3.17. The van der Waals surface area contributed by atoms with Crippen molar-refractivity contribution in [2.45, 2.75) is 38.0 Å². The summed E-state index contributed by atoms with van der Waals surface area (Å²) in [5, 5.41) is 3.80. The number of carbonyl (C=O) groups excluding carboxylic acids is 1. The van der Waals surface area contributed by atoms with Gasteiger partial charge in [-0.2, -0.15) is 14.6 Å². The van der Waals surface area contributed by atoms with Gasteiger partial charge in [0.25, 0.3) is 12.2 Å². The van der Waals surface area contributed by atoms with Crippen molar-refractivity contribution in [1.82, 2.24) is 24.5 Å². The molecule has 7 nitrogen and oxygen atoms in total. The van der Waals surface area contributed by atoms with Crippen LogP contribution in [0.1, 0.15) is 49.4 Å². The van der Waals surface area contributed by atoms with Gasteiger partial charge in [0.2, 0.25) is 5.91 Å². The summed E-state index contributed by atoms with van der Waals surface area (Å²) in [5.41, 5.74) is 0.248. The van der Waals surface area contributed by atoms with E-state index in [0.29, 0.717) is 44.0 Å². The van der Waals surface area contributed by atoms with Crippen LogP contribution in [0.25, 0.3) is 5.78 Å². The molecular formula is C21H22F3N5O2. The molecule has 164 valence electrons. The number of benzene rings is 1. The van der Waals surface area contributed by atoms with Gasteiger partial charge in [0.15, 0.2) is 0 Å². The van der Waals surface area contributed by atoms with Crippen molar-refractivity contribution < 1.29 is 22.7 Å². The van der Waals surface area contributed by atoms with Gasteiger partial charge in [-0.3, -0.25) is 4.79 Å². The summed E-state index contributed by atoms with van der Waals surface area (Å²) in [6.07, 6.45) is 0.800. The Kier molecular flexibility index (Phi) is 6.34. The number of hydrogen-bond acceptors (Lipinski definition) is 5. The van der Waals surface area contributed by atoms with Crippen LogP contribution in [-0.4, -0.2) is 50.1 Å². The van der Waals surface area contributed by atoms with Crippen LogP contribution in [0.4, 0.5) is 13.2 Å². The van der Waals surface area contributed by atoms with E-state index >= 15 is 0 Å². The minimum atomic E-state index is -2.70. The zero-order valence-electron chi connectivity index (χ0n) is 16.8. The topological polar surface area (TPSA) is 72.6 Å². The Morgan fingerprint density at radius 3 is 2.97 bits per heavy atom. The van der Waals surface area contributed by atoms with Crippen molar-refractivity contribution in [2.75, 3.05) is 19.7 Å². The smallest absolute Gasteiger partial charge is 0.280 e. The third-order valence-corrected chi connectivity index (χ3v) is 5.31. The number of halogens is 3. The van der Waals surface area contributed by atoms with Crippen LogP contribution in [0.15, 0.2) is 36.7 Å². The van der Waals surface area contributed by atoms with Crippen LogP contribution < -0.4 is 4.74 Å². The van der Waals surface area contributed by atoms with Crippen LogP contribution in [0.3, 0.4) is 0 Å². The number of piperidine rings is 1. The summed E-state index contributed by atoms with van der Waals surface area (Å²) in [4.78, 5) is 22.7. The number of rotatable bonds is 7. The van der Waals surface area contributed by atoms with E-state index in [2.05, 4.69) is 15.1 Å². The second-order valence-corrected chi connectivity index (χ2v) is 7.47. The zero-order chi connectivity index (χ0) is 21.8. The van der Waals surface area contributed by atoms with Crippen molar-refractivity contribution in [2.24, 2.45) is 0 Å². The highest BCUT2D eigenvalue weighted by Gasteiger charge is 2.27. The fourth-order valence-corrected chi connectivity index (χ4v) is 3.79. The Morgan fingerprint density at radius 2 is 2.16 bits per heavy atom. The maximum absolute atomic E-state index is 13.4. The molecule has 4 rings (SSSR count). The fraction of sp³-hybridized carbons (Fsp3) is 0.429. The molecule has 1 fully saturated rings. The molecule has 1 aromatic carbocycles. The van der Waals surface area contributed by atoms with Gasteiger partial charge in [-0.1, -0.05) is 6.07 Å². The fourth-order valence-electron chi connectivity index (χ4n) is 3.79. The zero-order valence-corrected chi connectivity index (χ0v) is 16.8. The summed E-state index contributed by atoms with van der Waals surface area (Å²) in [6, 6.07) is 7.21. The molecule has 1 amide bonds. The molecule has 0 saturated carbocycles. The monoisotopic (exact) mass is 433 g/mol. The average molecular weight is 433 g/mol. The van der Waals surface area contributed by atoms with Crippen molar-refractivity contribution in [3.63, 3.8) is 0 Å². The molecular weight excluding hydrogens is 411 g/mol. The van der Waals surface area contributed by atoms with Crippen LogP contribution in [0, 0.1) is 5.82 Å². The minimum Gasteiger partial charge on any atom is -0.493 e. The van der Waals surface area contributed by atoms with E-state index in [4.69, 9.17) is 4.74 Å². The summed E-state index contributed by atoms with van der Waals surface area (Å²) < 4.78 is 46.5. The second-order valence-electron chi connectivity index (χ2n) is 7.47. The molecule has 0 bridgehead atoms. The van der Waals surface area contributed by atoms with Crippen LogP contribution >= 0.6 is 0 Å². The lowest BCUT2D eigenvalue weighted by Crippen LogP contribution is -2.39. The first-order valence-corrected chi connectivity index (χ1v) is 10.2. The highest BCUT2D eigenvalue weighted by molar-refractivity contribution is 5.76. The van der Waals surface area contributed by atoms with Crippen LogP contribution in [0.5, 0.6) is 5.75 Å². The van der Waals surface area contributed by atoms with Gasteiger partial charge in [0.1, 0.15) is 23.6 Å². The number of carbonyl (C=O) groups is 1. The van der Waals surface area contributed by atoms with Crippen molar-refractivity contribution in [1.29, 1.82) is 0 Å². The van der Waals surface area contributed by atoms with E-state index in [-0.39, 0.29) is 29.1 Å². The standard InChI is InChI=1S/C21H22F3N5O2/c22-15-5-1-6-16(10-15)31-9-3-7-19(30)28-8-2-4-14(12-28)17-11-18(20(23)24)29-21(27-17)25-13-26-29/h1,5-6,10-11,13-14,20H,2-4,7-9,12H2/t14-/m1/s1. The molecule has 1 aliphatic heterocycles. The molecule has 0 radical (unpaired) electrons. The SMILES string of the molecule is O=C(CCCOc1cccc(F)c1)N1CCC[C@@H](c2cc(C(F)F)n3ncnc3n2)C1. The van der Waals surface area contributed by atoms with E-state index < -0.39 is 6.43 Å². The normalized spacial score (nSPS) is 16.8. The number of likely N-dealkylation sites (tertiary alicyclic amines) is 1. The number of ether oxygens (including phenoxy) is 1. The third kappa shape index (κ3) is 4.95. The number of amides is 1. The maximum atomic E-state index is 13.4. The lowest BCUT2D eigenvalue weighted by molar-refractivity contribution is -0.132. The van der Waals surface area contributed by atoms with Gasteiger partial charge in [-0.25, -0.2) is 18.2 Å². The summed E-state index contributed by atoms with van der Waals surface area (Å²) in [7, 11) is 0. The quantitative estimate of drug-likeness (QED) is 0.531. The predicted molar refractivity (Wildman–Crippen MR) is 105 cm³/mol. The number of fused-ring (bicyclic) bond motifs is 1. The summed E-state index contributed by atoms with van der Waals surface area (Å²) in [6.45, 7) is 1.34. The number of alkyl halides is 2. The summed E-state index contributed by atoms with van der Waals surface area (Å²) in [5.74, 6) is 0.0208. The van der Waals surface area contributed by atoms with E-state index in [1.54, 1.807) is 17.0 Å². The van der Waals surface area contributed by atoms with Crippen molar-refractivity contribution >= 4 is 11.7 Å². The Labute approximate surface area is 176 Å². The molecule has 0 spiro atoms. The minimum absolute atomic E-state index is 0.0230. The number of hydrogen-bond donors (Lipinski definition) is 0. The van der Waals surface area contributed by atoms with E-state index in [9.17, 15) is 18.0 Å². The molecule has 10 heteroatoms. The van der Waals surface area contributed by atoms with Gasteiger partial charge >= 0.3 is 0 Å². The Bertz CT molecular complexity index is 1060. The van der Waals surface area contributed by atoms with Crippen molar-refractivity contribution in [3.05, 3.63) is 53.9 Å². The average Bonchev–Trinajstić information content (AvgIpc) is 3.24. The highest BCUT2D eigenvalue weighted by atomic mass is 19.3. The summed E-state index contributed by atoms with van der Waals surface area (Å²) >= 11 is 0. The molecule has 3 heterocycles. The molecule has 3 aromatic rings. The van der Waals surface area contributed by atoms with E-state index in [1.807, 2.05) is 0 Å². The highest BCUT2D eigenvalue weighted by Crippen LogP contribution is 2.29. The van der Waals surface area contributed by atoms with Crippen LogP contribution in [-0.2, 0) is 4.79 Å². The molecule has 1 saturated heterocycles. The molecule has 31 heavy (non-hydrogen) atoms. The maximum Gasteiger partial charge on any atom is 0.280 e. The van der Waals surface area contributed by atoms with E-state index in [1.165, 1.54) is 24.5 Å². The molecule has 0 aliphatic carbocycles. The first-order chi connectivity index (χ1) is 15.0. The van der Waals surface area contributed by atoms with Gasteiger partial charge in [0.05, 0.1) is 12.3 Å². The predicted octanol–water partition coefficient (Wildman–Crippen LogP) is 3.77. The largest absolute Gasteiger partial charge is 0.493 e. The van der Waals surface area contributed by atoms with E-state index in [0.717, 1.165) is 17.4 Å². The van der Waals surface area contributed by atoms with Gasteiger partial charge in [0, 0.05) is 31.5 Å². The Balaban J connectivity index is 1.35. The van der Waals surface area contributed by atoms with Gasteiger partial charge in [-0.15, -0.1) is 0 Å². The molecule has 2 aromatic heterocycles. The number of aromatic nitrogens is 4. The molecule has 0 unspecified atom stereocenters. The second kappa shape index (κ2) is 9.32. The number of nitrogens with zero attached hydrogens (tertiary/aromatic N) is 5. The first kappa shape index (κ1) is 21.1. The molecule has 1 atom stereocenters. The molecule has 1 aliphatic rings. The van der Waals surface area contributed by atoms with Gasteiger partial charge in [-0.05, 0) is 37.5 Å². The van der Waals surface area contributed by atoms with Gasteiger partial charge < -0.3 is 9.64 Å². The van der Waals surface area contributed by atoms with Crippen molar-refractivity contribution in [3.8, 4) is 5.75 Å². The first-order valence-electron chi connectivity index (χ1n) is 10.2. The molecule has 0 N–H and O–H groups in total. The Morgan fingerprint density at radius 1 is 1.29 bits per heavy atom. The lowest BCUT2D eigenvalue weighted by Gasteiger charge is -2.32. The third-order valence-electron chi connectivity index (χ3n) is 5.31.